The van der Waals surface area contributed by atoms with Gasteiger partial charge in [0.1, 0.15) is 0 Å². The molecule has 140 valence electrons. The molecule has 27 heavy (non-hydrogen) atoms. The highest BCUT2D eigenvalue weighted by atomic mass is 32.2. The normalized spacial score (nSPS) is 17.4. The molecule has 1 aliphatic heterocycles. The van der Waals surface area contributed by atoms with E-state index in [-0.39, 0.29) is 17.2 Å². The minimum atomic E-state index is -3.37. The van der Waals surface area contributed by atoms with Gasteiger partial charge in [-0.2, -0.15) is 0 Å². The lowest BCUT2D eigenvalue weighted by Gasteiger charge is -2.27. The van der Waals surface area contributed by atoms with Crippen molar-refractivity contribution in [3.8, 4) is 5.75 Å². The number of nitro benzene ring substituents is 1. The van der Waals surface area contributed by atoms with Crippen molar-refractivity contribution in [1.82, 2.24) is 0 Å². The van der Waals surface area contributed by atoms with Crippen LogP contribution in [0.4, 0.5) is 11.4 Å². The fourth-order valence-corrected chi connectivity index (χ4v) is 4.04. The van der Waals surface area contributed by atoms with Crippen LogP contribution >= 0.6 is 0 Å². The Morgan fingerprint density at radius 2 is 1.81 bits per heavy atom. The quantitative estimate of drug-likeness (QED) is 0.555. The van der Waals surface area contributed by atoms with Crippen LogP contribution in [0.3, 0.4) is 0 Å². The summed E-state index contributed by atoms with van der Waals surface area (Å²) in [5.74, 6) is -0.761. The van der Waals surface area contributed by atoms with Crippen molar-refractivity contribution in [2.75, 3.05) is 17.3 Å². The monoisotopic (exact) mass is 388 g/mol. The van der Waals surface area contributed by atoms with Crippen LogP contribution in [0.5, 0.6) is 5.75 Å². The lowest BCUT2D eigenvalue weighted by molar-refractivity contribution is -0.385. The van der Waals surface area contributed by atoms with E-state index >= 15 is 0 Å². The van der Waals surface area contributed by atoms with Gasteiger partial charge in [0.2, 0.25) is 0 Å². The maximum atomic E-state index is 12.8. The van der Waals surface area contributed by atoms with Crippen LogP contribution in [0.25, 0.3) is 0 Å². The van der Waals surface area contributed by atoms with Gasteiger partial charge in [-0.25, -0.2) is 8.42 Å². The average Bonchev–Trinajstić information content (AvgIpc) is 3.00. The first-order valence-electron chi connectivity index (χ1n) is 8.02. The predicted molar refractivity (Wildman–Crippen MR) is 99.2 cm³/mol. The van der Waals surface area contributed by atoms with Gasteiger partial charge in [-0.05, 0) is 24.3 Å². The van der Waals surface area contributed by atoms with E-state index in [1.54, 1.807) is 36.4 Å². The van der Waals surface area contributed by atoms with Gasteiger partial charge in [0.15, 0.2) is 22.2 Å². The molecule has 0 bridgehead atoms. The number of carbonyl (C=O) groups excluding carboxylic acids is 1. The number of amides is 1. The highest BCUT2D eigenvalue weighted by molar-refractivity contribution is 7.94. The fourth-order valence-electron chi connectivity index (χ4n) is 2.77. The first kappa shape index (κ1) is 18.6. The molecule has 0 fully saturated rings. The summed E-state index contributed by atoms with van der Waals surface area (Å²) < 4.78 is 28.9. The Kier molecular flexibility index (Phi) is 5.22. The molecular weight excluding hydrogens is 372 g/mol. The molecular formula is C18H16N2O6S. The lowest BCUT2D eigenvalue weighted by atomic mass is 10.2. The number of benzene rings is 2. The van der Waals surface area contributed by atoms with Crippen LogP contribution in [-0.4, -0.2) is 37.6 Å². The third-order valence-electron chi connectivity index (χ3n) is 3.96. The Balaban J connectivity index is 1.82. The van der Waals surface area contributed by atoms with Crippen molar-refractivity contribution in [3.63, 3.8) is 0 Å². The highest BCUT2D eigenvalue weighted by Gasteiger charge is 2.31. The van der Waals surface area contributed by atoms with E-state index < -0.39 is 33.3 Å². The molecule has 0 aromatic heterocycles. The lowest BCUT2D eigenvalue weighted by Crippen LogP contribution is -2.43. The van der Waals surface area contributed by atoms with Crippen LogP contribution in [0.15, 0.2) is 66.1 Å². The Hall–Kier alpha value is -3.20. The maximum absolute atomic E-state index is 12.8. The molecule has 1 heterocycles. The van der Waals surface area contributed by atoms with Gasteiger partial charge in [-0.1, -0.05) is 30.3 Å². The number of carbonyl (C=O) groups is 1. The zero-order chi connectivity index (χ0) is 19.4. The van der Waals surface area contributed by atoms with Crippen LogP contribution in [0.1, 0.15) is 0 Å². The topological polar surface area (TPSA) is 107 Å². The second kappa shape index (κ2) is 7.58. The molecule has 2 aromatic carbocycles. The molecule has 0 spiro atoms. The Labute approximate surface area is 155 Å². The summed E-state index contributed by atoms with van der Waals surface area (Å²) in [6.45, 7) is -0.468. The van der Waals surface area contributed by atoms with Crippen molar-refractivity contribution in [2.24, 2.45) is 0 Å². The van der Waals surface area contributed by atoms with Gasteiger partial charge in [0.25, 0.3) is 5.91 Å². The number of hydrogen-bond acceptors (Lipinski definition) is 6. The van der Waals surface area contributed by atoms with Crippen molar-refractivity contribution >= 4 is 27.1 Å². The van der Waals surface area contributed by atoms with E-state index in [0.717, 1.165) is 5.41 Å². The molecule has 3 rings (SSSR count). The van der Waals surface area contributed by atoms with Crippen LogP contribution in [-0.2, 0) is 14.6 Å². The Morgan fingerprint density at radius 1 is 1.15 bits per heavy atom. The number of hydrogen-bond donors (Lipinski definition) is 0. The molecule has 8 nitrogen and oxygen atoms in total. The number of nitro groups is 1. The van der Waals surface area contributed by atoms with E-state index in [9.17, 15) is 23.3 Å². The number of rotatable bonds is 6. The smallest absolute Gasteiger partial charge is 0.310 e. The maximum Gasteiger partial charge on any atom is 0.310 e. The van der Waals surface area contributed by atoms with Gasteiger partial charge < -0.3 is 9.64 Å². The van der Waals surface area contributed by atoms with Crippen LogP contribution < -0.4 is 9.64 Å². The molecule has 1 aliphatic rings. The summed E-state index contributed by atoms with van der Waals surface area (Å²) in [7, 11) is -3.37. The summed E-state index contributed by atoms with van der Waals surface area (Å²) in [6.07, 6.45) is 1.45. The van der Waals surface area contributed by atoms with E-state index in [0.29, 0.717) is 5.69 Å². The molecule has 1 unspecified atom stereocenters. The zero-order valence-electron chi connectivity index (χ0n) is 14.1. The molecule has 0 N–H and O–H groups in total. The molecule has 1 amide bonds. The van der Waals surface area contributed by atoms with Crippen molar-refractivity contribution in [2.45, 2.75) is 6.04 Å². The summed E-state index contributed by atoms with van der Waals surface area (Å²) in [4.78, 5) is 24.6. The summed E-state index contributed by atoms with van der Waals surface area (Å²) in [5.41, 5.74) is 0.264. The number of sulfone groups is 1. The second-order valence-electron chi connectivity index (χ2n) is 5.84. The highest BCUT2D eigenvalue weighted by Crippen LogP contribution is 2.27. The fraction of sp³-hybridized carbons (Fsp3) is 0.167. The summed E-state index contributed by atoms with van der Waals surface area (Å²) in [5, 5.41) is 12.1. The number of anilines is 1. The third-order valence-corrected chi connectivity index (χ3v) is 5.34. The van der Waals surface area contributed by atoms with E-state index in [4.69, 9.17) is 4.74 Å². The first-order valence-corrected chi connectivity index (χ1v) is 9.73. The number of ether oxygens (including phenoxy) is 1. The second-order valence-corrected chi connectivity index (χ2v) is 7.77. The first-order chi connectivity index (χ1) is 12.9. The van der Waals surface area contributed by atoms with Crippen molar-refractivity contribution in [3.05, 3.63) is 76.2 Å². The Morgan fingerprint density at radius 3 is 2.44 bits per heavy atom. The number of para-hydroxylation sites is 3. The molecule has 0 aliphatic carbocycles. The minimum absolute atomic E-state index is 0.0292. The van der Waals surface area contributed by atoms with E-state index in [1.165, 1.54) is 29.2 Å². The van der Waals surface area contributed by atoms with Crippen molar-refractivity contribution < 1.29 is 22.9 Å². The van der Waals surface area contributed by atoms with Crippen molar-refractivity contribution in [1.29, 1.82) is 0 Å². The SMILES string of the molecule is O=C(COc1ccccc1[N+](=O)[O-])N(c1ccccc1)C1C=CS(=O)(=O)C1. The summed E-state index contributed by atoms with van der Waals surface area (Å²) >= 11 is 0. The third kappa shape index (κ3) is 4.32. The van der Waals surface area contributed by atoms with Gasteiger partial charge in [0.05, 0.1) is 16.7 Å². The standard InChI is InChI=1S/C18H16N2O6S/c21-18(12-26-17-9-5-4-8-16(17)20(22)23)19(14-6-2-1-3-7-14)15-10-11-27(24,25)13-15/h1-11,15H,12-13H2. The molecule has 0 saturated heterocycles. The largest absolute Gasteiger partial charge is 0.477 e. The molecule has 9 heteroatoms. The van der Waals surface area contributed by atoms with E-state index in [2.05, 4.69) is 0 Å². The van der Waals surface area contributed by atoms with Gasteiger partial charge >= 0.3 is 5.69 Å². The Bertz CT molecular complexity index is 988. The van der Waals surface area contributed by atoms with Crippen LogP contribution in [0, 0.1) is 10.1 Å². The minimum Gasteiger partial charge on any atom is -0.477 e. The van der Waals surface area contributed by atoms with Gasteiger partial charge in [-0.15, -0.1) is 0 Å². The molecule has 2 aromatic rings. The number of nitrogens with zero attached hydrogens (tertiary/aromatic N) is 2. The molecule has 0 saturated carbocycles. The zero-order valence-corrected chi connectivity index (χ0v) is 14.9. The van der Waals surface area contributed by atoms with E-state index in [1.807, 2.05) is 0 Å². The molecule has 0 radical (unpaired) electrons. The van der Waals surface area contributed by atoms with Gasteiger partial charge in [-0.3, -0.25) is 14.9 Å². The molecule has 1 atom stereocenters. The summed E-state index contributed by atoms with van der Waals surface area (Å²) in [6, 6.07) is 13.7. The van der Waals surface area contributed by atoms with Gasteiger partial charge in [0, 0.05) is 17.2 Å². The average molecular weight is 388 g/mol. The predicted octanol–water partition coefficient (Wildman–Crippen LogP) is 2.32. The van der Waals surface area contributed by atoms with Crippen LogP contribution in [0.2, 0.25) is 0 Å².